The van der Waals surface area contributed by atoms with Crippen LogP contribution in [0.15, 0.2) is 18.2 Å². The average molecular weight is 285 g/mol. The summed E-state index contributed by atoms with van der Waals surface area (Å²) in [5, 5.41) is -0.227. The fourth-order valence-electron chi connectivity index (χ4n) is 2.03. The summed E-state index contributed by atoms with van der Waals surface area (Å²) in [7, 11) is 0. The molecular formula is C14H18ClFN2O. The average Bonchev–Trinajstić information content (AvgIpc) is 2.67. The summed E-state index contributed by atoms with van der Waals surface area (Å²) in [6.45, 7) is 6.99. The van der Waals surface area contributed by atoms with Crippen molar-refractivity contribution in [2.45, 2.75) is 38.8 Å². The molecule has 104 valence electrons. The van der Waals surface area contributed by atoms with Crippen LogP contribution >= 0.6 is 11.6 Å². The maximum atomic E-state index is 13.4. The van der Waals surface area contributed by atoms with Gasteiger partial charge in [0.25, 0.3) is 0 Å². The van der Waals surface area contributed by atoms with E-state index in [1.54, 1.807) is 6.07 Å². The second kappa shape index (κ2) is 5.88. The summed E-state index contributed by atoms with van der Waals surface area (Å²) in [6, 6.07) is 4.57. The first kappa shape index (κ1) is 14.3. The van der Waals surface area contributed by atoms with Crippen molar-refractivity contribution in [1.82, 2.24) is 9.55 Å². The van der Waals surface area contributed by atoms with Gasteiger partial charge in [0.15, 0.2) is 0 Å². The smallest absolute Gasteiger partial charge is 0.127 e. The van der Waals surface area contributed by atoms with E-state index in [9.17, 15) is 4.39 Å². The molecule has 0 N–H and O–H groups in total. The number of alkyl halides is 1. The van der Waals surface area contributed by atoms with Crippen LogP contribution in [-0.2, 0) is 11.3 Å². The second-order valence-corrected chi connectivity index (χ2v) is 5.44. The molecule has 1 atom stereocenters. The predicted octanol–water partition coefficient (Wildman–Crippen LogP) is 3.90. The number of hydrogen-bond acceptors (Lipinski definition) is 2. The third-order valence-electron chi connectivity index (χ3n) is 2.86. The molecule has 1 aromatic carbocycles. The van der Waals surface area contributed by atoms with E-state index in [-0.39, 0.29) is 17.3 Å². The molecule has 5 heteroatoms. The van der Waals surface area contributed by atoms with E-state index in [4.69, 9.17) is 16.3 Å². The van der Waals surface area contributed by atoms with Gasteiger partial charge in [-0.15, -0.1) is 11.6 Å². The number of hydrogen-bond donors (Lipinski definition) is 0. The van der Waals surface area contributed by atoms with Crippen LogP contribution in [0.3, 0.4) is 0 Å². The Morgan fingerprint density at radius 1 is 1.37 bits per heavy atom. The van der Waals surface area contributed by atoms with Gasteiger partial charge in [-0.2, -0.15) is 0 Å². The molecule has 2 rings (SSSR count). The van der Waals surface area contributed by atoms with E-state index in [1.807, 2.05) is 25.3 Å². The van der Waals surface area contributed by atoms with Gasteiger partial charge < -0.3 is 9.30 Å². The third kappa shape index (κ3) is 3.25. The van der Waals surface area contributed by atoms with Crippen LogP contribution in [0.1, 0.15) is 32.0 Å². The topological polar surface area (TPSA) is 27.1 Å². The van der Waals surface area contributed by atoms with E-state index >= 15 is 0 Å². The molecule has 0 fully saturated rings. The maximum Gasteiger partial charge on any atom is 0.127 e. The van der Waals surface area contributed by atoms with Crippen molar-refractivity contribution >= 4 is 22.6 Å². The highest BCUT2D eigenvalue weighted by Gasteiger charge is 2.15. The number of rotatable bonds is 5. The van der Waals surface area contributed by atoms with Crippen LogP contribution < -0.4 is 0 Å². The van der Waals surface area contributed by atoms with E-state index in [0.717, 1.165) is 16.9 Å². The van der Waals surface area contributed by atoms with E-state index in [0.29, 0.717) is 13.2 Å². The van der Waals surface area contributed by atoms with E-state index in [2.05, 4.69) is 4.98 Å². The highest BCUT2D eigenvalue weighted by molar-refractivity contribution is 6.20. The zero-order chi connectivity index (χ0) is 14.0. The fraction of sp³-hybridized carbons (Fsp3) is 0.500. The van der Waals surface area contributed by atoms with Crippen molar-refractivity contribution in [3.8, 4) is 0 Å². The first-order chi connectivity index (χ1) is 8.99. The number of benzene rings is 1. The van der Waals surface area contributed by atoms with Crippen molar-refractivity contribution < 1.29 is 9.13 Å². The Hall–Kier alpha value is -1.13. The molecule has 1 unspecified atom stereocenters. The zero-order valence-corrected chi connectivity index (χ0v) is 12.1. The lowest BCUT2D eigenvalue weighted by Gasteiger charge is -2.12. The first-order valence-electron chi connectivity index (χ1n) is 6.40. The summed E-state index contributed by atoms with van der Waals surface area (Å²) >= 11 is 6.14. The monoisotopic (exact) mass is 284 g/mol. The number of halogens is 2. The zero-order valence-electron chi connectivity index (χ0n) is 11.4. The fourth-order valence-corrected chi connectivity index (χ4v) is 2.20. The van der Waals surface area contributed by atoms with Crippen LogP contribution in [0.4, 0.5) is 4.39 Å². The number of aromatic nitrogens is 2. The molecule has 1 heterocycles. The van der Waals surface area contributed by atoms with Gasteiger partial charge in [0.1, 0.15) is 11.6 Å². The first-order valence-corrected chi connectivity index (χ1v) is 6.84. The molecule has 0 radical (unpaired) electrons. The van der Waals surface area contributed by atoms with Gasteiger partial charge in [0.2, 0.25) is 0 Å². The maximum absolute atomic E-state index is 13.4. The summed E-state index contributed by atoms with van der Waals surface area (Å²) in [6.07, 6.45) is 0.170. The molecule has 19 heavy (non-hydrogen) atoms. The molecule has 0 aliphatic heterocycles. The SMILES string of the molecule is CC(C)OCCn1c(C(C)Cl)nc2ccc(F)cc21. The van der Waals surface area contributed by atoms with Crippen LogP contribution in [0.5, 0.6) is 0 Å². The molecule has 3 nitrogen and oxygen atoms in total. The van der Waals surface area contributed by atoms with Gasteiger partial charge in [-0.25, -0.2) is 9.37 Å². The molecule has 0 amide bonds. The molecular weight excluding hydrogens is 267 g/mol. The Morgan fingerprint density at radius 2 is 2.11 bits per heavy atom. The lowest BCUT2D eigenvalue weighted by atomic mass is 10.3. The second-order valence-electron chi connectivity index (χ2n) is 4.79. The minimum Gasteiger partial charge on any atom is -0.377 e. The Bertz CT molecular complexity index is 566. The number of ether oxygens (including phenoxy) is 1. The van der Waals surface area contributed by atoms with Crippen molar-refractivity contribution in [2.75, 3.05) is 6.61 Å². The van der Waals surface area contributed by atoms with Crippen molar-refractivity contribution in [3.63, 3.8) is 0 Å². The summed E-state index contributed by atoms with van der Waals surface area (Å²) in [5.41, 5.74) is 1.52. The van der Waals surface area contributed by atoms with Crippen LogP contribution in [0.2, 0.25) is 0 Å². The highest BCUT2D eigenvalue weighted by Crippen LogP contribution is 2.25. The predicted molar refractivity (Wildman–Crippen MR) is 75.0 cm³/mol. The van der Waals surface area contributed by atoms with Crippen molar-refractivity contribution in [2.24, 2.45) is 0 Å². The third-order valence-corrected chi connectivity index (χ3v) is 3.06. The lowest BCUT2D eigenvalue weighted by molar-refractivity contribution is 0.0729. The molecule has 1 aromatic heterocycles. The Balaban J connectivity index is 2.36. The van der Waals surface area contributed by atoms with E-state index < -0.39 is 0 Å². The summed E-state index contributed by atoms with van der Waals surface area (Å²) < 4.78 is 20.8. The lowest BCUT2D eigenvalue weighted by Crippen LogP contribution is -2.13. The van der Waals surface area contributed by atoms with Gasteiger partial charge in [-0.1, -0.05) is 0 Å². The van der Waals surface area contributed by atoms with Crippen LogP contribution in [0.25, 0.3) is 11.0 Å². The minimum atomic E-state index is -0.271. The van der Waals surface area contributed by atoms with Crippen molar-refractivity contribution in [3.05, 3.63) is 29.8 Å². The molecule has 0 aliphatic carbocycles. The van der Waals surface area contributed by atoms with Crippen LogP contribution in [0, 0.1) is 5.82 Å². The van der Waals surface area contributed by atoms with E-state index in [1.165, 1.54) is 12.1 Å². The quantitative estimate of drug-likeness (QED) is 0.779. The number of nitrogens with zero attached hydrogens (tertiary/aromatic N) is 2. The van der Waals surface area contributed by atoms with Gasteiger partial charge in [0.05, 0.1) is 29.1 Å². The molecule has 0 saturated heterocycles. The molecule has 0 bridgehead atoms. The number of imidazole rings is 1. The van der Waals surface area contributed by atoms with Gasteiger partial charge in [-0.05, 0) is 39.0 Å². The Kier molecular flexibility index (Phi) is 4.42. The minimum absolute atomic E-state index is 0.170. The van der Waals surface area contributed by atoms with Gasteiger partial charge in [0, 0.05) is 6.54 Å². The van der Waals surface area contributed by atoms with Crippen LogP contribution in [-0.4, -0.2) is 22.3 Å². The number of fused-ring (bicyclic) bond motifs is 1. The summed E-state index contributed by atoms with van der Waals surface area (Å²) in [4.78, 5) is 4.46. The largest absolute Gasteiger partial charge is 0.377 e. The Morgan fingerprint density at radius 3 is 2.74 bits per heavy atom. The normalized spacial score (nSPS) is 13.4. The molecule has 0 spiro atoms. The standard InChI is InChI=1S/C14H18ClFN2O/c1-9(2)19-7-6-18-13-8-11(16)4-5-12(13)17-14(18)10(3)15/h4-5,8-10H,6-7H2,1-3H3. The Labute approximate surface area is 117 Å². The van der Waals surface area contributed by atoms with Crippen molar-refractivity contribution in [1.29, 1.82) is 0 Å². The molecule has 2 aromatic rings. The summed E-state index contributed by atoms with van der Waals surface area (Å²) in [5.74, 6) is 0.474. The highest BCUT2D eigenvalue weighted by atomic mass is 35.5. The van der Waals surface area contributed by atoms with Gasteiger partial charge in [-0.3, -0.25) is 0 Å². The molecule has 0 aliphatic rings. The molecule has 0 saturated carbocycles. The van der Waals surface area contributed by atoms with Gasteiger partial charge >= 0.3 is 0 Å².